The minimum Gasteiger partial charge on any atom is -0.325 e. The van der Waals surface area contributed by atoms with Gasteiger partial charge < -0.3 is 4.90 Å². The molecule has 0 aromatic carbocycles. The first-order valence-corrected chi connectivity index (χ1v) is 7.07. The van der Waals surface area contributed by atoms with E-state index in [4.69, 9.17) is 0 Å². The topological polar surface area (TPSA) is 32.3 Å². The quantitative estimate of drug-likeness (QED) is 0.774. The zero-order valence-electron chi connectivity index (χ0n) is 12.0. The summed E-state index contributed by atoms with van der Waals surface area (Å²) >= 11 is 0. The van der Waals surface area contributed by atoms with Crippen molar-refractivity contribution in [3.05, 3.63) is 0 Å². The number of carbonyl (C=O) groups is 1. The standard InChI is InChI=1S/C14H28N2O/c1-6-9-12-15-14(5,8-3)13(17)16(12)10-11(4)7-2/h11-12,15H,6-10H2,1-5H3. The molecule has 0 saturated carbocycles. The summed E-state index contributed by atoms with van der Waals surface area (Å²) in [5, 5.41) is 3.52. The Morgan fingerprint density at radius 3 is 2.53 bits per heavy atom. The molecular weight excluding hydrogens is 212 g/mol. The van der Waals surface area contributed by atoms with Gasteiger partial charge in [0, 0.05) is 6.54 Å². The van der Waals surface area contributed by atoms with E-state index >= 15 is 0 Å². The van der Waals surface area contributed by atoms with Gasteiger partial charge in [0.15, 0.2) is 0 Å². The van der Waals surface area contributed by atoms with Crippen LogP contribution in [0.2, 0.25) is 0 Å². The Kier molecular flexibility index (Phi) is 4.99. The maximum atomic E-state index is 12.5. The molecule has 3 nitrogen and oxygen atoms in total. The van der Waals surface area contributed by atoms with Crippen molar-refractivity contribution in [1.82, 2.24) is 10.2 Å². The summed E-state index contributed by atoms with van der Waals surface area (Å²) in [4.78, 5) is 14.5. The van der Waals surface area contributed by atoms with E-state index < -0.39 is 0 Å². The Morgan fingerprint density at radius 2 is 2.06 bits per heavy atom. The Labute approximate surface area is 106 Å². The van der Waals surface area contributed by atoms with Crippen molar-refractivity contribution in [2.45, 2.75) is 72.0 Å². The van der Waals surface area contributed by atoms with Crippen LogP contribution in [0.5, 0.6) is 0 Å². The van der Waals surface area contributed by atoms with Crippen molar-refractivity contribution >= 4 is 5.91 Å². The highest BCUT2D eigenvalue weighted by molar-refractivity contribution is 5.88. The second-order valence-corrected chi connectivity index (χ2v) is 5.61. The van der Waals surface area contributed by atoms with Gasteiger partial charge in [-0.05, 0) is 25.7 Å². The number of carbonyl (C=O) groups excluding carboxylic acids is 1. The van der Waals surface area contributed by atoms with E-state index in [0.29, 0.717) is 11.8 Å². The van der Waals surface area contributed by atoms with Gasteiger partial charge in [0.1, 0.15) is 0 Å². The predicted octanol–water partition coefficient (Wildman–Crippen LogP) is 2.76. The van der Waals surface area contributed by atoms with Gasteiger partial charge in [0.2, 0.25) is 5.91 Å². The van der Waals surface area contributed by atoms with Crippen LogP contribution in [0.3, 0.4) is 0 Å². The SMILES string of the molecule is CCCC1NC(C)(CC)C(=O)N1CC(C)CC. The monoisotopic (exact) mass is 240 g/mol. The number of nitrogens with zero attached hydrogens (tertiary/aromatic N) is 1. The molecule has 1 rings (SSSR count). The average Bonchev–Trinajstić information content (AvgIpc) is 2.55. The number of amides is 1. The van der Waals surface area contributed by atoms with Gasteiger partial charge in [0.25, 0.3) is 0 Å². The molecule has 3 unspecified atom stereocenters. The highest BCUT2D eigenvalue weighted by Gasteiger charge is 2.46. The highest BCUT2D eigenvalue weighted by atomic mass is 16.2. The Hall–Kier alpha value is -0.570. The molecule has 0 spiro atoms. The lowest BCUT2D eigenvalue weighted by Crippen LogP contribution is -2.43. The van der Waals surface area contributed by atoms with Crippen LogP contribution >= 0.6 is 0 Å². The van der Waals surface area contributed by atoms with E-state index in [0.717, 1.165) is 32.2 Å². The molecule has 0 aromatic rings. The Morgan fingerprint density at radius 1 is 1.41 bits per heavy atom. The van der Waals surface area contributed by atoms with E-state index in [1.807, 2.05) is 6.92 Å². The minimum absolute atomic E-state index is 0.242. The summed E-state index contributed by atoms with van der Waals surface area (Å²) in [7, 11) is 0. The number of rotatable bonds is 6. The van der Waals surface area contributed by atoms with Crippen molar-refractivity contribution < 1.29 is 4.79 Å². The second-order valence-electron chi connectivity index (χ2n) is 5.61. The lowest BCUT2D eigenvalue weighted by atomic mass is 9.99. The third-order valence-corrected chi connectivity index (χ3v) is 4.07. The Bertz CT molecular complexity index is 267. The summed E-state index contributed by atoms with van der Waals surface area (Å²) in [5.74, 6) is 0.873. The van der Waals surface area contributed by atoms with Gasteiger partial charge in [-0.2, -0.15) is 0 Å². The zero-order chi connectivity index (χ0) is 13.1. The smallest absolute Gasteiger partial charge is 0.243 e. The molecule has 0 aromatic heterocycles. The van der Waals surface area contributed by atoms with Crippen molar-refractivity contribution in [1.29, 1.82) is 0 Å². The predicted molar refractivity (Wildman–Crippen MR) is 71.7 cm³/mol. The van der Waals surface area contributed by atoms with E-state index in [1.165, 1.54) is 0 Å². The van der Waals surface area contributed by atoms with Crippen LogP contribution in [-0.4, -0.2) is 29.1 Å². The van der Waals surface area contributed by atoms with Gasteiger partial charge >= 0.3 is 0 Å². The molecule has 0 aliphatic carbocycles. The normalized spacial score (nSPS) is 31.0. The van der Waals surface area contributed by atoms with Gasteiger partial charge in [-0.25, -0.2) is 0 Å². The van der Waals surface area contributed by atoms with Gasteiger partial charge in [-0.1, -0.05) is 40.5 Å². The lowest BCUT2D eigenvalue weighted by Gasteiger charge is -2.26. The van der Waals surface area contributed by atoms with E-state index in [2.05, 4.69) is 37.9 Å². The first kappa shape index (κ1) is 14.5. The van der Waals surface area contributed by atoms with Gasteiger partial charge in [-0.15, -0.1) is 0 Å². The Balaban J connectivity index is 2.79. The first-order valence-electron chi connectivity index (χ1n) is 7.07. The second kappa shape index (κ2) is 5.85. The fourth-order valence-corrected chi connectivity index (χ4v) is 2.40. The molecule has 3 heteroatoms. The van der Waals surface area contributed by atoms with Crippen LogP contribution in [-0.2, 0) is 4.79 Å². The molecule has 0 bridgehead atoms. The van der Waals surface area contributed by atoms with E-state index in [9.17, 15) is 4.79 Å². The van der Waals surface area contributed by atoms with Crippen molar-refractivity contribution in [3.63, 3.8) is 0 Å². The molecule has 100 valence electrons. The third kappa shape index (κ3) is 3.01. The fraction of sp³-hybridized carbons (Fsp3) is 0.929. The highest BCUT2D eigenvalue weighted by Crippen LogP contribution is 2.26. The molecule has 17 heavy (non-hydrogen) atoms. The third-order valence-electron chi connectivity index (χ3n) is 4.07. The van der Waals surface area contributed by atoms with E-state index in [-0.39, 0.29) is 11.7 Å². The van der Waals surface area contributed by atoms with Crippen molar-refractivity contribution in [2.75, 3.05) is 6.54 Å². The number of hydrogen-bond acceptors (Lipinski definition) is 2. The summed E-state index contributed by atoms with van der Waals surface area (Å²) in [6.07, 6.45) is 4.40. The molecule has 1 heterocycles. The number of hydrogen-bond donors (Lipinski definition) is 1. The summed E-state index contributed by atoms with van der Waals surface area (Å²) < 4.78 is 0. The van der Waals surface area contributed by atoms with Crippen LogP contribution in [0.1, 0.15) is 60.3 Å². The first-order chi connectivity index (χ1) is 7.98. The molecule has 3 atom stereocenters. The molecule has 1 fully saturated rings. The maximum Gasteiger partial charge on any atom is 0.243 e. The van der Waals surface area contributed by atoms with Gasteiger partial charge in [0.05, 0.1) is 11.7 Å². The fourth-order valence-electron chi connectivity index (χ4n) is 2.40. The van der Waals surface area contributed by atoms with Crippen LogP contribution in [0, 0.1) is 5.92 Å². The molecular formula is C14H28N2O. The number of nitrogens with one attached hydrogen (secondary N) is 1. The van der Waals surface area contributed by atoms with Crippen LogP contribution in [0.4, 0.5) is 0 Å². The maximum absolute atomic E-state index is 12.5. The van der Waals surface area contributed by atoms with Crippen molar-refractivity contribution in [3.8, 4) is 0 Å². The van der Waals surface area contributed by atoms with Crippen molar-refractivity contribution in [2.24, 2.45) is 5.92 Å². The van der Waals surface area contributed by atoms with Gasteiger partial charge in [-0.3, -0.25) is 10.1 Å². The summed E-state index contributed by atoms with van der Waals surface area (Å²) in [5.41, 5.74) is -0.340. The summed E-state index contributed by atoms with van der Waals surface area (Å²) in [6.45, 7) is 11.6. The molecule has 1 saturated heterocycles. The zero-order valence-corrected chi connectivity index (χ0v) is 12.0. The average molecular weight is 240 g/mol. The molecule has 1 aliphatic heterocycles. The minimum atomic E-state index is -0.340. The molecule has 1 N–H and O–H groups in total. The molecule has 1 amide bonds. The van der Waals surface area contributed by atoms with Crippen LogP contribution in [0.15, 0.2) is 0 Å². The lowest BCUT2D eigenvalue weighted by molar-refractivity contribution is -0.133. The summed E-state index contributed by atoms with van der Waals surface area (Å²) in [6, 6.07) is 0. The molecule has 0 radical (unpaired) electrons. The van der Waals surface area contributed by atoms with E-state index in [1.54, 1.807) is 0 Å². The van der Waals surface area contributed by atoms with Crippen LogP contribution < -0.4 is 5.32 Å². The molecule has 1 aliphatic rings. The van der Waals surface area contributed by atoms with Crippen LogP contribution in [0.25, 0.3) is 0 Å². The largest absolute Gasteiger partial charge is 0.325 e.